The number of aryl methyl sites for hydroxylation is 1. The normalized spacial score (nSPS) is 10.6. The maximum absolute atomic E-state index is 11.7. The molecule has 0 heterocycles. The number of carbonyl (C=O) groups excluding carboxylic acids is 2. The highest BCUT2D eigenvalue weighted by atomic mass is 16.5. The predicted molar refractivity (Wildman–Crippen MR) is 114 cm³/mol. The Bertz CT molecular complexity index is 866. The van der Waals surface area contributed by atoms with Gasteiger partial charge in [-0.25, -0.2) is 5.43 Å². The summed E-state index contributed by atoms with van der Waals surface area (Å²) in [7, 11) is 1.51. The lowest BCUT2D eigenvalue weighted by Gasteiger charge is -2.12. The minimum atomic E-state index is -0.856. The summed E-state index contributed by atoms with van der Waals surface area (Å²) >= 11 is 0. The van der Waals surface area contributed by atoms with Crippen LogP contribution in [0, 0.1) is 6.92 Å². The molecule has 2 N–H and O–H groups in total. The van der Waals surface area contributed by atoms with Crippen molar-refractivity contribution in [1.29, 1.82) is 0 Å². The van der Waals surface area contributed by atoms with Crippen LogP contribution < -0.4 is 20.2 Å². The second-order valence-electron chi connectivity index (χ2n) is 6.36. The van der Waals surface area contributed by atoms with Crippen LogP contribution in [-0.2, 0) is 20.9 Å². The van der Waals surface area contributed by atoms with E-state index in [2.05, 4.69) is 15.8 Å². The van der Waals surface area contributed by atoms with E-state index in [9.17, 15) is 9.59 Å². The highest BCUT2D eigenvalue weighted by Crippen LogP contribution is 2.29. The average molecular weight is 413 g/mol. The number of rotatable bonds is 10. The number of ether oxygens (including phenoxy) is 3. The number of nitrogens with zero attached hydrogens (tertiary/aromatic N) is 1. The van der Waals surface area contributed by atoms with Crippen LogP contribution in [0.15, 0.2) is 47.6 Å². The van der Waals surface area contributed by atoms with Crippen molar-refractivity contribution in [2.75, 3.05) is 26.9 Å². The fourth-order valence-corrected chi connectivity index (χ4v) is 2.40. The molecule has 0 fully saturated rings. The summed E-state index contributed by atoms with van der Waals surface area (Å²) in [6.45, 7) is 5.37. The number of amides is 2. The molecule has 0 spiro atoms. The molecule has 2 rings (SSSR count). The van der Waals surface area contributed by atoms with Gasteiger partial charge in [0.2, 0.25) is 0 Å². The monoisotopic (exact) mass is 413 g/mol. The Balaban J connectivity index is 1.96. The molecule has 0 atom stereocenters. The first-order valence-corrected chi connectivity index (χ1v) is 9.58. The molecule has 30 heavy (non-hydrogen) atoms. The Morgan fingerprint density at radius 2 is 1.80 bits per heavy atom. The van der Waals surface area contributed by atoms with Gasteiger partial charge in [0.1, 0.15) is 6.61 Å². The molecule has 160 valence electrons. The third kappa shape index (κ3) is 7.56. The van der Waals surface area contributed by atoms with Crippen molar-refractivity contribution >= 4 is 18.0 Å². The lowest BCUT2D eigenvalue weighted by Crippen LogP contribution is -2.39. The lowest BCUT2D eigenvalue weighted by molar-refractivity contribution is -0.139. The summed E-state index contributed by atoms with van der Waals surface area (Å²) in [5.41, 5.74) is 5.11. The Hall–Kier alpha value is -3.39. The van der Waals surface area contributed by atoms with Crippen molar-refractivity contribution in [3.63, 3.8) is 0 Å². The van der Waals surface area contributed by atoms with Crippen LogP contribution in [0.5, 0.6) is 11.5 Å². The van der Waals surface area contributed by atoms with E-state index in [1.165, 1.54) is 18.9 Å². The summed E-state index contributed by atoms with van der Waals surface area (Å²) in [5.74, 6) is -0.460. The second-order valence-corrected chi connectivity index (χ2v) is 6.36. The number of carbonyl (C=O) groups is 2. The summed E-state index contributed by atoms with van der Waals surface area (Å²) < 4.78 is 16.3. The van der Waals surface area contributed by atoms with Gasteiger partial charge in [0.15, 0.2) is 11.5 Å². The molecule has 0 radical (unpaired) electrons. The van der Waals surface area contributed by atoms with E-state index >= 15 is 0 Å². The third-order valence-electron chi connectivity index (χ3n) is 3.96. The van der Waals surface area contributed by atoms with Crippen molar-refractivity contribution in [3.05, 3.63) is 59.2 Å². The molecule has 0 unspecified atom stereocenters. The minimum Gasteiger partial charge on any atom is -0.490 e. The third-order valence-corrected chi connectivity index (χ3v) is 3.96. The number of nitrogens with one attached hydrogen (secondary N) is 2. The highest BCUT2D eigenvalue weighted by Gasteiger charge is 2.11. The van der Waals surface area contributed by atoms with E-state index in [1.54, 1.807) is 18.2 Å². The van der Waals surface area contributed by atoms with Crippen LogP contribution >= 0.6 is 0 Å². The molecule has 8 nitrogen and oxygen atoms in total. The van der Waals surface area contributed by atoms with Gasteiger partial charge >= 0.3 is 11.8 Å². The smallest absolute Gasteiger partial charge is 0.329 e. The molecule has 0 aromatic heterocycles. The summed E-state index contributed by atoms with van der Waals surface area (Å²) in [6, 6.07) is 13.4. The zero-order valence-electron chi connectivity index (χ0n) is 17.4. The molecule has 0 aliphatic carbocycles. The minimum absolute atomic E-state index is 0.244. The summed E-state index contributed by atoms with van der Waals surface area (Å²) in [4.78, 5) is 23.2. The van der Waals surface area contributed by atoms with E-state index in [0.29, 0.717) is 36.9 Å². The Kier molecular flexibility index (Phi) is 9.33. The van der Waals surface area contributed by atoms with Gasteiger partial charge in [-0.2, -0.15) is 5.10 Å². The number of hydrogen-bond donors (Lipinski definition) is 2. The van der Waals surface area contributed by atoms with E-state index in [0.717, 1.165) is 5.56 Å². The van der Waals surface area contributed by atoms with Gasteiger partial charge in [0.25, 0.3) is 0 Å². The van der Waals surface area contributed by atoms with Crippen molar-refractivity contribution < 1.29 is 23.8 Å². The number of benzene rings is 2. The first-order valence-electron chi connectivity index (χ1n) is 9.58. The van der Waals surface area contributed by atoms with E-state index in [1.807, 2.05) is 38.1 Å². The van der Waals surface area contributed by atoms with Crippen molar-refractivity contribution in [1.82, 2.24) is 10.7 Å². The van der Waals surface area contributed by atoms with Crippen LogP contribution in [0.25, 0.3) is 0 Å². The van der Waals surface area contributed by atoms with Gasteiger partial charge in [0.05, 0.1) is 19.4 Å². The average Bonchev–Trinajstić information content (AvgIpc) is 2.74. The first-order chi connectivity index (χ1) is 14.5. The summed E-state index contributed by atoms with van der Waals surface area (Å²) in [6.07, 6.45) is 1.42. The van der Waals surface area contributed by atoms with Crippen LogP contribution in [0.3, 0.4) is 0 Å². The molecule has 2 amide bonds. The Morgan fingerprint density at radius 3 is 2.50 bits per heavy atom. The maximum atomic E-state index is 11.7. The van der Waals surface area contributed by atoms with Gasteiger partial charge in [-0.15, -0.1) is 0 Å². The van der Waals surface area contributed by atoms with Gasteiger partial charge in [0, 0.05) is 13.7 Å². The second kappa shape index (κ2) is 12.2. The largest absolute Gasteiger partial charge is 0.490 e. The van der Waals surface area contributed by atoms with E-state index < -0.39 is 11.8 Å². The molecule has 2 aromatic carbocycles. The van der Waals surface area contributed by atoms with E-state index in [4.69, 9.17) is 14.2 Å². The maximum Gasteiger partial charge on any atom is 0.329 e. The van der Waals surface area contributed by atoms with Gasteiger partial charge in [-0.1, -0.05) is 29.8 Å². The van der Waals surface area contributed by atoms with Gasteiger partial charge < -0.3 is 19.5 Å². The van der Waals surface area contributed by atoms with E-state index in [-0.39, 0.29) is 6.54 Å². The summed E-state index contributed by atoms with van der Waals surface area (Å²) in [5, 5.41) is 6.22. The molecule has 0 bridgehead atoms. The highest BCUT2D eigenvalue weighted by molar-refractivity contribution is 6.35. The number of hydrazone groups is 1. The molecule has 8 heteroatoms. The molecular weight excluding hydrogens is 386 g/mol. The molecule has 0 saturated carbocycles. The molecule has 0 aliphatic heterocycles. The quantitative estimate of drug-likeness (QED) is 0.269. The molecule has 0 aliphatic rings. The van der Waals surface area contributed by atoms with Crippen molar-refractivity contribution in [3.8, 4) is 11.5 Å². The topological polar surface area (TPSA) is 98.2 Å². The van der Waals surface area contributed by atoms with Crippen LogP contribution in [0.4, 0.5) is 0 Å². The number of methoxy groups -OCH3 is 1. The zero-order valence-corrected chi connectivity index (χ0v) is 17.4. The van der Waals surface area contributed by atoms with Crippen molar-refractivity contribution in [2.45, 2.75) is 20.5 Å². The molecule has 0 saturated heterocycles. The fourth-order valence-electron chi connectivity index (χ4n) is 2.40. The predicted octanol–water partition coefficient (Wildman–Crippen LogP) is 2.19. The Labute approximate surface area is 176 Å². The SMILES string of the molecule is CCOc1cc(/C=N\NC(=O)C(=O)NCCOC)ccc1OCc1ccc(C)cc1. The van der Waals surface area contributed by atoms with Crippen LogP contribution in [0.2, 0.25) is 0 Å². The molecular formula is C22H27N3O5. The first kappa shape index (κ1) is 22.9. The zero-order chi connectivity index (χ0) is 21.8. The number of hydrogen-bond acceptors (Lipinski definition) is 6. The Morgan fingerprint density at radius 1 is 1.03 bits per heavy atom. The molecule has 2 aromatic rings. The standard InChI is InChI=1S/C22H27N3O5/c1-4-29-20-13-18(14-24-25-22(27)21(26)23-11-12-28-3)9-10-19(20)30-15-17-7-5-16(2)6-8-17/h5-10,13-14H,4,11-12,15H2,1-3H3,(H,23,26)(H,25,27)/b24-14-. The van der Waals surface area contributed by atoms with Crippen LogP contribution in [0.1, 0.15) is 23.6 Å². The lowest BCUT2D eigenvalue weighted by atomic mass is 10.2. The van der Waals surface area contributed by atoms with Crippen molar-refractivity contribution in [2.24, 2.45) is 5.10 Å². The van der Waals surface area contributed by atoms with Gasteiger partial charge in [-0.3, -0.25) is 9.59 Å². The van der Waals surface area contributed by atoms with Gasteiger partial charge in [-0.05, 0) is 43.2 Å². The fraction of sp³-hybridized carbons (Fsp3) is 0.318. The van der Waals surface area contributed by atoms with Crippen LogP contribution in [-0.4, -0.2) is 44.9 Å².